The third-order valence-corrected chi connectivity index (χ3v) is 2.97. The maximum absolute atomic E-state index is 6.01. The van der Waals surface area contributed by atoms with Gasteiger partial charge in [0.2, 0.25) is 0 Å². The first-order valence-corrected chi connectivity index (χ1v) is 5.59. The molecule has 0 radical (unpaired) electrons. The number of halogens is 3. The molecule has 5 heteroatoms. The van der Waals surface area contributed by atoms with E-state index in [2.05, 4.69) is 25.9 Å². The Hall–Kier alpha value is -0.380. The molecule has 0 amide bonds. The molecule has 1 aromatic carbocycles. The average Bonchev–Trinajstić information content (AvgIpc) is 2.17. The van der Waals surface area contributed by atoms with Crippen molar-refractivity contribution >= 4 is 50.0 Å². The van der Waals surface area contributed by atoms with Crippen LogP contribution in [0.1, 0.15) is 5.82 Å². The molecule has 14 heavy (non-hydrogen) atoms. The molecule has 2 nitrogen and oxygen atoms in total. The Bertz CT molecular complexity index is 487. The predicted octanol–water partition coefficient (Wildman–Crippen LogP) is 3.78. The van der Waals surface area contributed by atoms with Gasteiger partial charge in [-0.1, -0.05) is 17.7 Å². The highest BCUT2D eigenvalue weighted by Crippen LogP contribution is 2.28. The molecule has 0 saturated carbocycles. The van der Waals surface area contributed by atoms with Gasteiger partial charge in [0.05, 0.1) is 16.8 Å². The van der Waals surface area contributed by atoms with Gasteiger partial charge in [-0.25, -0.2) is 9.97 Å². The monoisotopic (exact) mass is 290 g/mol. The van der Waals surface area contributed by atoms with Gasteiger partial charge >= 0.3 is 0 Å². The molecule has 0 atom stereocenters. The van der Waals surface area contributed by atoms with Crippen LogP contribution in [0.4, 0.5) is 0 Å². The van der Waals surface area contributed by atoms with Gasteiger partial charge in [0.15, 0.2) is 0 Å². The molecule has 0 aliphatic heterocycles. The van der Waals surface area contributed by atoms with Crippen molar-refractivity contribution in [3.63, 3.8) is 0 Å². The van der Waals surface area contributed by atoms with Gasteiger partial charge in [0.1, 0.15) is 11.0 Å². The molecule has 72 valence electrons. The molecule has 0 aliphatic carbocycles. The van der Waals surface area contributed by atoms with Gasteiger partial charge in [-0.2, -0.15) is 0 Å². The van der Waals surface area contributed by atoms with Crippen molar-refractivity contribution in [2.75, 3.05) is 0 Å². The van der Waals surface area contributed by atoms with Gasteiger partial charge in [0, 0.05) is 4.47 Å². The van der Waals surface area contributed by atoms with Crippen molar-refractivity contribution in [2.24, 2.45) is 0 Å². The number of benzene rings is 1. The summed E-state index contributed by atoms with van der Waals surface area (Å²) in [6, 6.07) is 5.68. The highest BCUT2D eigenvalue weighted by molar-refractivity contribution is 9.10. The molecule has 0 spiro atoms. The lowest BCUT2D eigenvalue weighted by Gasteiger charge is -2.03. The van der Waals surface area contributed by atoms with E-state index in [1.807, 2.05) is 18.2 Å². The maximum Gasteiger partial charge on any atom is 0.145 e. The highest BCUT2D eigenvalue weighted by Gasteiger charge is 2.07. The Morgan fingerprint density at radius 2 is 2.07 bits per heavy atom. The summed E-state index contributed by atoms with van der Waals surface area (Å²) in [4.78, 5) is 8.33. The van der Waals surface area contributed by atoms with Crippen LogP contribution >= 0.6 is 39.1 Å². The Labute approximate surface area is 99.4 Å². The van der Waals surface area contributed by atoms with E-state index in [-0.39, 0.29) is 5.88 Å². The van der Waals surface area contributed by atoms with Gasteiger partial charge in [-0.05, 0) is 28.1 Å². The lowest BCUT2D eigenvalue weighted by molar-refractivity contribution is 1.06. The molecule has 0 aliphatic rings. The predicted molar refractivity (Wildman–Crippen MR) is 61.8 cm³/mol. The number of hydrogen-bond donors (Lipinski definition) is 0. The molecule has 0 fully saturated rings. The van der Waals surface area contributed by atoms with E-state index in [9.17, 15) is 0 Å². The van der Waals surface area contributed by atoms with Crippen LogP contribution in [0.25, 0.3) is 10.9 Å². The van der Waals surface area contributed by atoms with Crippen LogP contribution in [0.5, 0.6) is 0 Å². The standard InChI is InChI=1S/C9H5BrCl2N2/c10-5-2-1-3-6-8(5)9(12)14-7(4-11)13-6/h1-3H,4H2. The van der Waals surface area contributed by atoms with E-state index in [4.69, 9.17) is 23.2 Å². The van der Waals surface area contributed by atoms with E-state index in [0.29, 0.717) is 11.0 Å². The Morgan fingerprint density at radius 1 is 1.29 bits per heavy atom. The molecular formula is C9H5BrCl2N2. The van der Waals surface area contributed by atoms with Crippen LogP contribution in [0, 0.1) is 0 Å². The minimum absolute atomic E-state index is 0.266. The summed E-state index contributed by atoms with van der Waals surface area (Å²) >= 11 is 15.0. The van der Waals surface area contributed by atoms with Crippen LogP contribution in [0.2, 0.25) is 5.15 Å². The molecule has 1 aromatic heterocycles. The van der Waals surface area contributed by atoms with E-state index in [0.717, 1.165) is 15.4 Å². The summed E-state index contributed by atoms with van der Waals surface area (Å²) in [6.45, 7) is 0. The van der Waals surface area contributed by atoms with E-state index >= 15 is 0 Å². The van der Waals surface area contributed by atoms with E-state index < -0.39 is 0 Å². The van der Waals surface area contributed by atoms with Gasteiger partial charge in [-0.3, -0.25) is 0 Å². The van der Waals surface area contributed by atoms with Crippen molar-refractivity contribution in [1.29, 1.82) is 0 Å². The summed E-state index contributed by atoms with van der Waals surface area (Å²) in [5.41, 5.74) is 0.801. The third-order valence-electron chi connectivity index (χ3n) is 1.79. The van der Waals surface area contributed by atoms with Crippen LogP contribution in [0.15, 0.2) is 22.7 Å². The largest absolute Gasteiger partial charge is 0.231 e. The van der Waals surface area contributed by atoms with Crippen molar-refractivity contribution in [3.8, 4) is 0 Å². The summed E-state index contributed by atoms with van der Waals surface area (Å²) in [6.07, 6.45) is 0. The molecule has 2 rings (SSSR count). The normalized spacial score (nSPS) is 10.8. The minimum Gasteiger partial charge on any atom is -0.231 e. The molecule has 0 saturated heterocycles. The molecule has 0 unspecified atom stereocenters. The fourth-order valence-corrected chi connectivity index (χ4v) is 2.28. The van der Waals surface area contributed by atoms with Crippen molar-refractivity contribution < 1.29 is 0 Å². The Balaban J connectivity index is 2.83. The van der Waals surface area contributed by atoms with Crippen molar-refractivity contribution in [2.45, 2.75) is 5.88 Å². The number of rotatable bonds is 1. The molecule has 0 bridgehead atoms. The fraction of sp³-hybridized carbons (Fsp3) is 0.111. The first-order chi connectivity index (χ1) is 6.72. The van der Waals surface area contributed by atoms with Crippen molar-refractivity contribution in [1.82, 2.24) is 9.97 Å². The molecule has 1 heterocycles. The summed E-state index contributed by atoms with van der Waals surface area (Å²) in [5.74, 6) is 0.810. The Kier molecular flexibility index (Phi) is 2.91. The number of hydrogen-bond acceptors (Lipinski definition) is 2. The van der Waals surface area contributed by atoms with Crippen LogP contribution in [-0.4, -0.2) is 9.97 Å². The summed E-state index contributed by atoms with van der Waals surface area (Å²) in [7, 11) is 0. The molecular weight excluding hydrogens is 287 g/mol. The summed E-state index contributed by atoms with van der Waals surface area (Å²) in [5, 5.41) is 1.25. The smallest absolute Gasteiger partial charge is 0.145 e. The van der Waals surface area contributed by atoms with Crippen LogP contribution < -0.4 is 0 Å². The number of fused-ring (bicyclic) bond motifs is 1. The topological polar surface area (TPSA) is 25.8 Å². The number of aromatic nitrogens is 2. The Morgan fingerprint density at radius 3 is 2.79 bits per heavy atom. The quantitative estimate of drug-likeness (QED) is 0.590. The van der Waals surface area contributed by atoms with Gasteiger partial charge < -0.3 is 0 Å². The van der Waals surface area contributed by atoms with E-state index in [1.54, 1.807) is 0 Å². The average molecular weight is 292 g/mol. The number of nitrogens with zero attached hydrogens (tertiary/aromatic N) is 2. The molecule has 0 N–H and O–H groups in total. The minimum atomic E-state index is 0.266. The first kappa shape index (κ1) is 10.1. The second-order valence-corrected chi connectivity index (χ2v) is 4.18. The highest BCUT2D eigenvalue weighted by atomic mass is 79.9. The second-order valence-electron chi connectivity index (χ2n) is 2.70. The van der Waals surface area contributed by atoms with Crippen LogP contribution in [0.3, 0.4) is 0 Å². The summed E-state index contributed by atoms with van der Waals surface area (Å²) < 4.78 is 0.890. The lowest BCUT2D eigenvalue weighted by Crippen LogP contribution is -1.93. The zero-order valence-electron chi connectivity index (χ0n) is 6.97. The molecule has 2 aromatic rings. The van der Waals surface area contributed by atoms with Crippen molar-refractivity contribution in [3.05, 3.63) is 33.6 Å². The fourth-order valence-electron chi connectivity index (χ4n) is 1.20. The lowest BCUT2D eigenvalue weighted by atomic mass is 10.2. The zero-order valence-corrected chi connectivity index (χ0v) is 10.1. The number of alkyl halides is 1. The third kappa shape index (κ3) is 1.72. The SMILES string of the molecule is ClCc1nc(Cl)c2c(Br)cccc2n1. The first-order valence-electron chi connectivity index (χ1n) is 3.89. The van der Waals surface area contributed by atoms with E-state index in [1.165, 1.54) is 0 Å². The second kappa shape index (κ2) is 4.01. The van der Waals surface area contributed by atoms with Gasteiger partial charge in [-0.15, -0.1) is 11.6 Å². The maximum atomic E-state index is 6.01. The zero-order chi connectivity index (χ0) is 10.1. The van der Waals surface area contributed by atoms with Gasteiger partial charge in [0.25, 0.3) is 0 Å². The van der Waals surface area contributed by atoms with Crippen LogP contribution in [-0.2, 0) is 5.88 Å².